The molecule has 0 atom stereocenters. The summed E-state index contributed by atoms with van der Waals surface area (Å²) in [5.41, 5.74) is -0.325. The summed E-state index contributed by atoms with van der Waals surface area (Å²) in [5, 5.41) is 17.5. The average Bonchev–Trinajstić information content (AvgIpc) is 2.09. The highest BCUT2D eigenvalue weighted by molar-refractivity contribution is 9.10. The van der Waals surface area contributed by atoms with Gasteiger partial charge in [-0.15, -0.1) is 0 Å². The summed E-state index contributed by atoms with van der Waals surface area (Å²) in [6.45, 7) is 0. The fourth-order valence-corrected chi connectivity index (χ4v) is 1.32. The molecule has 1 aromatic rings. The van der Waals surface area contributed by atoms with Crippen molar-refractivity contribution in [3.8, 4) is 11.8 Å². The average molecular weight is 248 g/mol. The van der Waals surface area contributed by atoms with Crippen LogP contribution in [0.2, 0.25) is 0 Å². The lowest BCUT2D eigenvalue weighted by molar-refractivity contribution is 0.441. The van der Waals surface area contributed by atoms with Gasteiger partial charge in [0.25, 0.3) is 0 Å². The third-order valence-corrected chi connectivity index (χ3v) is 2.10. The van der Waals surface area contributed by atoms with E-state index < -0.39 is 17.4 Å². The largest absolute Gasteiger partial charge is 0.506 e. The van der Waals surface area contributed by atoms with Crippen LogP contribution in [0.1, 0.15) is 5.56 Å². The number of phenolic OH excluding ortho intramolecular Hbond substituents is 1. The molecule has 1 N–H and O–H groups in total. The van der Waals surface area contributed by atoms with Gasteiger partial charge in [-0.25, -0.2) is 8.78 Å². The molecule has 0 saturated carbocycles. The standard InChI is InChI=1S/C8H4BrF2NO/c9-5-3-6(10)7(11)4(1-2-12)8(5)13/h3,13H,1H2. The lowest BCUT2D eigenvalue weighted by Crippen LogP contribution is -1.94. The molecule has 1 rings (SSSR count). The number of hydrogen-bond acceptors (Lipinski definition) is 2. The van der Waals surface area contributed by atoms with Gasteiger partial charge >= 0.3 is 0 Å². The monoisotopic (exact) mass is 247 g/mol. The maximum absolute atomic E-state index is 12.9. The first-order chi connectivity index (χ1) is 6.07. The Hall–Kier alpha value is -1.15. The van der Waals surface area contributed by atoms with E-state index in [4.69, 9.17) is 5.26 Å². The molecule has 0 fully saturated rings. The normalized spacial score (nSPS) is 9.69. The number of rotatable bonds is 1. The van der Waals surface area contributed by atoms with Crippen molar-refractivity contribution in [1.29, 1.82) is 5.26 Å². The minimum atomic E-state index is -1.18. The highest BCUT2D eigenvalue weighted by atomic mass is 79.9. The van der Waals surface area contributed by atoms with E-state index in [0.717, 1.165) is 6.07 Å². The summed E-state index contributed by atoms with van der Waals surface area (Å²) in [7, 11) is 0. The summed E-state index contributed by atoms with van der Waals surface area (Å²) in [5.74, 6) is -2.70. The summed E-state index contributed by atoms with van der Waals surface area (Å²) in [6, 6.07) is 2.44. The zero-order valence-electron chi connectivity index (χ0n) is 6.31. The molecule has 5 heteroatoms. The first-order valence-electron chi connectivity index (χ1n) is 3.30. The minimum Gasteiger partial charge on any atom is -0.506 e. The SMILES string of the molecule is N#CCc1c(O)c(Br)cc(F)c1F. The van der Waals surface area contributed by atoms with Crippen LogP contribution in [-0.2, 0) is 6.42 Å². The van der Waals surface area contributed by atoms with Gasteiger partial charge in [0.15, 0.2) is 11.6 Å². The molecule has 0 aliphatic heterocycles. The van der Waals surface area contributed by atoms with Gasteiger partial charge in [0.05, 0.1) is 17.0 Å². The third kappa shape index (κ3) is 1.78. The van der Waals surface area contributed by atoms with Crippen molar-refractivity contribution in [3.63, 3.8) is 0 Å². The third-order valence-electron chi connectivity index (χ3n) is 1.50. The Kier molecular flexibility index (Phi) is 2.83. The highest BCUT2D eigenvalue weighted by Gasteiger charge is 2.16. The molecule has 0 heterocycles. The van der Waals surface area contributed by atoms with Gasteiger partial charge in [0.2, 0.25) is 0 Å². The Balaban J connectivity index is 3.39. The Morgan fingerprint density at radius 2 is 2.15 bits per heavy atom. The molecule has 0 spiro atoms. The topological polar surface area (TPSA) is 44.0 Å². The van der Waals surface area contributed by atoms with Gasteiger partial charge in [-0.3, -0.25) is 0 Å². The zero-order chi connectivity index (χ0) is 10.0. The number of phenols is 1. The van der Waals surface area contributed by atoms with Crippen LogP contribution in [-0.4, -0.2) is 5.11 Å². The number of nitrogens with zero attached hydrogens (tertiary/aromatic N) is 1. The van der Waals surface area contributed by atoms with Crippen molar-refractivity contribution in [2.75, 3.05) is 0 Å². The number of halogens is 3. The number of nitriles is 1. The van der Waals surface area contributed by atoms with Gasteiger partial charge in [0, 0.05) is 5.56 Å². The van der Waals surface area contributed by atoms with Crippen molar-refractivity contribution in [2.24, 2.45) is 0 Å². The Morgan fingerprint density at radius 3 is 2.69 bits per heavy atom. The molecule has 0 aliphatic rings. The molecule has 0 bridgehead atoms. The van der Waals surface area contributed by atoms with E-state index in [2.05, 4.69) is 15.9 Å². The number of hydrogen-bond donors (Lipinski definition) is 1. The Bertz CT molecular complexity index is 360. The molecule has 0 amide bonds. The second-order valence-corrected chi connectivity index (χ2v) is 3.17. The van der Waals surface area contributed by atoms with Crippen molar-refractivity contribution >= 4 is 15.9 Å². The van der Waals surface area contributed by atoms with E-state index in [1.807, 2.05) is 0 Å². The van der Waals surface area contributed by atoms with Crippen LogP contribution in [0, 0.1) is 23.0 Å². The van der Waals surface area contributed by atoms with E-state index in [-0.39, 0.29) is 16.5 Å². The number of benzene rings is 1. The van der Waals surface area contributed by atoms with Crippen LogP contribution < -0.4 is 0 Å². The molecule has 0 unspecified atom stereocenters. The molecule has 0 radical (unpaired) electrons. The first kappa shape index (κ1) is 9.93. The number of aromatic hydroxyl groups is 1. The molecular weight excluding hydrogens is 244 g/mol. The van der Waals surface area contributed by atoms with Crippen LogP contribution >= 0.6 is 15.9 Å². The predicted octanol–water partition coefficient (Wildman–Crippen LogP) is 2.50. The van der Waals surface area contributed by atoms with E-state index >= 15 is 0 Å². The first-order valence-corrected chi connectivity index (χ1v) is 4.09. The quantitative estimate of drug-likeness (QED) is 0.776. The van der Waals surface area contributed by atoms with E-state index in [1.54, 1.807) is 6.07 Å². The van der Waals surface area contributed by atoms with Crippen molar-refractivity contribution in [3.05, 3.63) is 27.7 Å². The van der Waals surface area contributed by atoms with Crippen LogP contribution in [0.4, 0.5) is 8.78 Å². The minimum absolute atomic E-state index is 0.0386. The smallest absolute Gasteiger partial charge is 0.166 e. The second kappa shape index (κ2) is 3.71. The van der Waals surface area contributed by atoms with E-state index in [0.29, 0.717) is 0 Å². The molecule has 0 aliphatic carbocycles. The molecule has 0 saturated heterocycles. The van der Waals surface area contributed by atoms with E-state index in [1.165, 1.54) is 0 Å². The summed E-state index contributed by atoms with van der Waals surface area (Å²) in [6.07, 6.45) is -0.367. The predicted molar refractivity (Wildman–Crippen MR) is 45.0 cm³/mol. The van der Waals surface area contributed by atoms with Gasteiger partial charge in [-0.2, -0.15) is 5.26 Å². The van der Waals surface area contributed by atoms with Crippen LogP contribution in [0.15, 0.2) is 10.5 Å². The van der Waals surface area contributed by atoms with Crippen LogP contribution in [0.3, 0.4) is 0 Å². The van der Waals surface area contributed by atoms with Gasteiger partial charge in [-0.05, 0) is 22.0 Å². The highest BCUT2D eigenvalue weighted by Crippen LogP contribution is 2.31. The van der Waals surface area contributed by atoms with Gasteiger partial charge in [0.1, 0.15) is 5.75 Å². The summed E-state index contributed by atoms with van der Waals surface area (Å²) < 4.78 is 25.7. The van der Waals surface area contributed by atoms with Crippen molar-refractivity contribution < 1.29 is 13.9 Å². The molecule has 68 valence electrons. The summed E-state index contributed by atoms with van der Waals surface area (Å²) in [4.78, 5) is 0. The summed E-state index contributed by atoms with van der Waals surface area (Å²) >= 11 is 2.83. The lowest BCUT2D eigenvalue weighted by atomic mass is 10.1. The van der Waals surface area contributed by atoms with Gasteiger partial charge in [-0.1, -0.05) is 0 Å². The molecule has 1 aromatic carbocycles. The molecule has 2 nitrogen and oxygen atoms in total. The molecule has 13 heavy (non-hydrogen) atoms. The van der Waals surface area contributed by atoms with Crippen molar-refractivity contribution in [2.45, 2.75) is 6.42 Å². The Morgan fingerprint density at radius 1 is 1.54 bits per heavy atom. The lowest BCUT2D eigenvalue weighted by Gasteiger charge is -2.04. The Labute approximate surface area is 81.5 Å². The van der Waals surface area contributed by atoms with Crippen molar-refractivity contribution in [1.82, 2.24) is 0 Å². The maximum Gasteiger partial charge on any atom is 0.166 e. The zero-order valence-corrected chi connectivity index (χ0v) is 7.90. The van der Waals surface area contributed by atoms with Crippen LogP contribution in [0.5, 0.6) is 5.75 Å². The van der Waals surface area contributed by atoms with E-state index in [9.17, 15) is 13.9 Å². The fraction of sp³-hybridized carbons (Fsp3) is 0.125. The second-order valence-electron chi connectivity index (χ2n) is 2.32. The fourth-order valence-electron chi connectivity index (χ4n) is 0.876. The van der Waals surface area contributed by atoms with Crippen LogP contribution in [0.25, 0.3) is 0 Å². The maximum atomic E-state index is 12.9. The van der Waals surface area contributed by atoms with Gasteiger partial charge < -0.3 is 5.11 Å². The molecular formula is C8H4BrF2NO. The molecule has 0 aromatic heterocycles.